The molecule has 0 amide bonds. The molecule has 3 nitrogen and oxygen atoms in total. The summed E-state index contributed by atoms with van der Waals surface area (Å²) >= 11 is 0. The summed E-state index contributed by atoms with van der Waals surface area (Å²) in [5.74, 6) is 6.49. The number of ether oxygens (including phenoxy) is 1. The second-order valence-electron chi connectivity index (χ2n) is 5.38. The summed E-state index contributed by atoms with van der Waals surface area (Å²) in [5.41, 5.74) is 3.03. The number of nitrogens with one attached hydrogen (secondary N) is 1. The Hall–Kier alpha value is -0.120. The van der Waals surface area contributed by atoms with Gasteiger partial charge in [-0.3, -0.25) is 11.3 Å². The van der Waals surface area contributed by atoms with Gasteiger partial charge in [0.15, 0.2) is 0 Å². The van der Waals surface area contributed by atoms with Gasteiger partial charge in [0.25, 0.3) is 0 Å². The van der Waals surface area contributed by atoms with E-state index in [1.807, 2.05) is 0 Å². The number of hydrogen-bond acceptors (Lipinski definition) is 3. The van der Waals surface area contributed by atoms with Crippen LogP contribution >= 0.6 is 0 Å². The molecule has 1 aliphatic carbocycles. The topological polar surface area (TPSA) is 47.3 Å². The van der Waals surface area contributed by atoms with Gasteiger partial charge >= 0.3 is 0 Å². The molecule has 1 heterocycles. The van der Waals surface area contributed by atoms with Crippen LogP contribution in [0, 0.1) is 5.92 Å². The molecule has 3 heteroatoms. The molecule has 1 saturated heterocycles. The molecule has 2 fully saturated rings. The molecule has 1 saturated carbocycles. The van der Waals surface area contributed by atoms with Gasteiger partial charge in [-0.1, -0.05) is 12.8 Å². The molecule has 2 aliphatic rings. The molecule has 0 bridgehead atoms. The molecule has 0 radical (unpaired) electrons. The van der Waals surface area contributed by atoms with E-state index in [0.717, 1.165) is 12.5 Å². The molecule has 0 aromatic carbocycles. The van der Waals surface area contributed by atoms with Gasteiger partial charge in [0.05, 0.1) is 6.10 Å². The number of nitrogens with two attached hydrogens (primary N) is 1. The lowest BCUT2D eigenvalue weighted by atomic mass is 9.93. The largest absolute Gasteiger partial charge is 0.378 e. The molecular formula is C13H26N2O. The highest BCUT2D eigenvalue weighted by atomic mass is 16.5. The van der Waals surface area contributed by atoms with Crippen molar-refractivity contribution in [2.45, 2.75) is 69.9 Å². The Morgan fingerprint density at radius 2 is 2.00 bits per heavy atom. The van der Waals surface area contributed by atoms with Crippen LogP contribution in [0.15, 0.2) is 0 Å². The third-order valence-electron chi connectivity index (χ3n) is 4.25. The van der Waals surface area contributed by atoms with E-state index in [9.17, 15) is 0 Å². The van der Waals surface area contributed by atoms with Crippen molar-refractivity contribution in [1.82, 2.24) is 5.43 Å². The quantitative estimate of drug-likeness (QED) is 0.540. The SMILES string of the molecule is NNC(CCCC1CCCO1)C1CCCC1. The van der Waals surface area contributed by atoms with E-state index in [1.165, 1.54) is 57.8 Å². The molecule has 2 rings (SSSR count). The van der Waals surface area contributed by atoms with Gasteiger partial charge in [-0.15, -0.1) is 0 Å². The fraction of sp³-hybridized carbons (Fsp3) is 1.00. The Morgan fingerprint density at radius 1 is 1.19 bits per heavy atom. The molecule has 2 atom stereocenters. The van der Waals surface area contributed by atoms with Crippen molar-refractivity contribution in [3.05, 3.63) is 0 Å². The highest BCUT2D eigenvalue weighted by molar-refractivity contribution is 4.79. The van der Waals surface area contributed by atoms with Crippen LogP contribution in [0.25, 0.3) is 0 Å². The number of hydrazine groups is 1. The Bertz CT molecular complexity index is 186. The lowest BCUT2D eigenvalue weighted by Crippen LogP contribution is -2.40. The summed E-state index contributed by atoms with van der Waals surface area (Å²) in [6.45, 7) is 0.978. The van der Waals surface area contributed by atoms with Crippen molar-refractivity contribution >= 4 is 0 Å². The molecule has 3 N–H and O–H groups in total. The van der Waals surface area contributed by atoms with E-state index in [0.29, 0.717) is 12.1 Å². The van der Waals surface area contributed by atoms with Gasteiger partial charge in [0.1, 0.15) is 0 Å². The van der Waals surface area contributed by atoms with Crippen LogP contribution in [-0.2, 0) is 4.74 Å². The summed E-state index contributed by atoms with van der Waals surface area (Å²) in [4.78, 5) is 0. The minimum Gasteiger partial charge on any atom is -0.378 e. The first-order chi connectivity index (χ1) is 7.90. The van der Waals surface area contributed by atoms with E-state index >= 15 is 0 Å². The normalized spacial score (nSPS) is 28.7. The first-order valence-electron chi connectivity index (χ1n) is 6.98. The van der Waals surface area contributed by atoms with E-state index in [1.54, 1.807) is 0 Å². The van der Waals surface area contributed by atoms with E-state index in [-0.39, 0.29) is 0 Å². The summed E-state index contributed by atoms with van der Waals surface area (Å²) < 4.78 is 5.64. The van der Waals surface area contributed by atoms with Crippen LogP contribution in [0.4, 0.5) is 0 Å². The van der Waals surface area contributed by atoms with Crippen LogP contribution in [-0.4, -0.2) is 18.8 Å². The molecule has 16 heavy (non-hydrogen) atoms. The Kier molecular flexibility index (Phi) is 5.07. The molecule has 2 unspecified atom stereocenters. The standard InChI is InChI=1S/C13H26N2O/c14-15-13(11-5-1-2-6-11)9-3-7-12-8-4-10-16-12/h11-13,15H,1-10,14H2. The number of rotatable bonds is 6. The van der Waals surface area contributed by atoms with Crippen LogP contribution in [0.1, 0.15) is 57.8 Å². The average molecular weight is 226 g/mol. The molecule has 0 aromatic rings. The van der Waals surface area contributed by atoms with Gasteiger partial charge in [-0.2, -0.15) is 0 Å². The zero-order valence-corrected chi connectivity index (χ0v) is 10.3. The van der Waals surface area contributed by atoms with Crippen molar-refractivity contribution in [3.8, 4) is 0 Å². The zero-order valence-electron chi connectivity index (χ0n) is 10.3. The van der Waals surface area contributed by atoms with Crippen molar-refractivity contribution in [1.29, 1.82) is 0 Å². The summed E-state index contributed by atoms with van der Waals surface area (Å²) in [6.07, 6.45) is 12.3. The fourth-order valence-corrected chi connectivity index (χ4v) is 3.25. The zero-order chi connectivity index (χ0) is 11.2. The lowest BCUT2D eigenvalue weighted by molar-refractivity contribution is 0.100. The monoisotopic (exact) mass is 226 g/mol. The smallest absolute Gasteiger partial charge is 0.0576 e. The summed E-state index contributed by atoms with van der Waals surface area (Å²) in [7, 11) is 0. The maximum absolute atomic E-state index is 5.67. The Morgan fingerprint density at radius 3 is 2.62 bits per heavy atom. The van der Waals surface area contributed by atoms with Gasteiger partial charge in [0, 0.05) is 12.6 Å². The highest BCUT2D eigenvalue weighted by Crippen LogP contribution is 2.30. The van der Waals surface area contributed by atoms with Gasteiger partial charge in [-0.05, 0) is 50.9 Å². The third-order valence-corrected chi connectivity index (χ3v) is 4.25. The van der Waals surface area contributed by atoms with Gasteiger partial charge in [-0.25, -0.2) is 0 Å². The Labute approximate surface area is 99.1 Å². The van der Waals surface area contributed by atoms with Crippen molar-refractivity contribution in [2.75, 3.05) is 6.61 Å². The molecule has 0 aromatic heterocycles. The predicted octanol–water partition coefficient (Wildman–Crippen LogP) is 2.36. The molecule has 1 aliphatic heterocycles. The van der Waals surface area contributed by atoms with E-state index < -0.39 is 0 Å². The van der Waals surface area contributed by atoms with Crippen LogP contribution in [0.2, 0.25) is 0 Å². The number of hydrogen-bond donors (Lipinski definition) is 2. The average Bonchev–Trinajstić information content (AvgIpc) is 2.96. The maximum atomic E-state index is 5.67. The first-order valence-corrected chi connectivity index (χ1v) is 6.98. The van der Waals surface area contributed by atoms with Crippen LogP contribution in [0.5, 0.6) is 0 Å². The minimum atomic E-state index is 0.544. The van der Waals surface area contributed by atoms with Crippen molar-refractivity contribution in [2.24, 2.45) is 11.8 Å². The van der Waals surface area contributed by atoms with Gasteiger partial charge in [0.2, 0.25) is 0 Å². The fourth-order valence-electron chi connectivity index (χ4n) is 3.25. The van der Waals surface area contributed by atoms with Gasteiger partial charge < -0.3 is 4.74 Å². The molecule has 0 spiro atoms. The predicted molar refractivity (Wildman–Crippen MR) is 65.9 cm³/mol. The minimum absolute atomic E-state index is 0.544. The lowest BCUT2D eigenvalue weighted by Gasteiger charge is -2.22. The van der Waals surface area contributed by atoms with Crippen molar-refractivity contribution < 1.29 is 4.74 Å². The molecular weight excluding hydrogens is 200 g/mol. The van der Waals surface area contributed by atoms with E-state index in [4.69, 9.17) is 10.6 Å². The molecule has 94 valence electrons. The second kappa shape index (κ2) is 6.58. The third kappa shape index (κ3) is 3.44. The highest BCUT2D eigenvalue weighted by Gasteiger charge is 2.24. The van der Waals surface area contributed by atoms with Crippen LogP contribution in [0.3, 0.4) is 0 Å². The second-order valence-corrected chi connectivity index (χ2v) is 5.38. The van der Waals surface area contributed by atoms with Crippen LogP contribution < -0.4 is 11.3 Å². The summed E-state index contributed by atoms with van der Waals surface area (Å²) in [5, 5.41) is 0. The Balaban J connectivity index is 1.62. The van der Waals surface area contributed by atoms with Crippen molar-refractivity contribution in [3.63, 3.8) is 0 Å². The summed E-state index contributed by atoms with van der Waals surface area (Å²) in [6, 6.07) is 0.545. The maximum Gasteiger partial charge on any atom is 0.0576 e. The van der Waals surface area contributed by atoms with E-state index in [2.05, 4.69) is 5.43 Å². The first kappa shape index (κ1) is 12.3.